The van der Waals surface area contributed by atoms with E-state index in [0.717, 1.165) is 11.0 Å². The zero-order valence-electron chi connectivity index (χ0n) is 11.5. The fraction of sp³-hybridized carbons (Fsp3) is 0.333. The maximum Gasteiger partial charge on any atom is 0.0701 e. The summed E-state index contributed by atoms with van der Waals surface area (Å²) in [7, 11) is 2.13. The van der Waals surface area contributed by atoms with Gasteiger partial charge in [0, 0.05) is 23.1 Å². The first-order valence-corrected chi connectivity index (χ1v) is 8.88. The van der Waals surface area contributed by atoms with Gasteiger partial charge in [-0.05, 0) is 64.6 Å². The first kappa shape index (κ1) is 16.2. The van der Waals surface area contributed by atoms with Crippen molar-refractivity contribution in [1.29, 1.82) is 0 Å². The van der Waals surface area contributed by atoms with Gasteiger partial charge in [-0.1, -0.05) is 28.1 Å². The summed E-state index contributed by atoms with van der Waals surface area (Å²) in [5.41, 5.74) is 8.77. The number of thiophene rings is 1. The largest absolute Gasteiger partial charge is 0.326 e. The van der Waals surface area contributed by atoms with E-state index in [2.05, 4.69) is 80.4 Å². The van der Waals surface area contributed by atoms with Crippen LogP contribution < -0.4 is 5.73 Å². The van der Waals surface area contributed by atoms with Crippen LogP contribution in [0.4, 0.5) is 0 Å². The second-order valence-corrected chi connectivity index (χ2v) is 8.24. The van der Waals surface area contributed by atoms with Crippen molar-refractivity contribution in [3.8, 4) is 0 Å². The van der Waals surface area contributed by atoms with E-state index in [9.17, 15) is 0 Å². The standard InChI is InChI=1S/C15H18Br2N2S/c1-10(18)15(12-4-3-5-13(16)7-12)19(2)8-11-6-14(17)20-9-11/h3-7,9-10,15H,8,18H2,1-2H3. The van der Waals surface area contributed by atoms with Gasteiger partial charge in [-0.25, -0.2) is 0 Å². The summed E-state index contributed by atoms with van der Waals surface area (Å²) >= 11 is 8.76. The molecule has 0 saturated carbocycles. The zero-order chi connectivity index (χ0) is 14.7. The molecule has 0 aliphatic rings. The first-order chi connectivity index (χ1) is 9.47. The van der Waals surface area contributed by atoms with E-state index in [4.69, 9.17) is 5.73 Å². The Morgan fingerprint density at radius 1 is 1.30 bits per heavy atom. The summed E-state index contributed by atoms with van der Waals surface area (Å²) in [5.74, 6) is 0. The Morgan fingerprint density at radius 3 is 2.60 bits per heavy atom. The summed E-state index contributed by atoms with van der Waals surface area (Å²) in [5, 5.41) is 2.18. The summed E-state index contributed by atoms with van der Waals surface area (Å²) < 4.78 is 2.26. The minimum atomic E-state index is 0.0661. The monoisotopic (exact) mass is 416 g/mol. The van der Waals surface area contributed by atoms with Gasteiger partial charge < -0.3 is 5.73 Å². The van der Waals surface area contributed by atoms with Crippen LogP contribution in [0.1, 0.15) is 24.1 Å². The second kappa shape index (κ2) is 7.18. The summed E-state index contributed by atoms with van der Waals surface area (Å²) in [4.78, 5) is 2.31. The minimum Gasteiger partial charge on any atom is -0.326 e. The minimum absolute atomic E-state index is 0.0661. The average Bonchev–Trinajstić information content (AvgIpc) is 2.74. The number of hydrogen-bond donors (Lipinski definition) is 1. The van der Waals surface area contributed by atoms with Gasteiger partial charge in [0.15, 0.2) is 0 Å². The fourth-order valence-electron chi connectivity index (χ4n) is 2.47. The van der Waals surface area contributed by atoms with Crippen molar-refractivity contribution in [1.82, 2.24) is 4.90 Å². The van der Waals surface area contributed by atoms with Crippen LogP contribution in [-0.4, -0.2) is 18.0 Å². The molecule has 0 spiro atoms. The van der Waals surface area contributed by atoms with E-state index in [1.807, 2.05) is 6.07 Å². The molecule has 0 amide bonds. The lowest BCUT2D eigenvalue weighted by Gasteiger charge is -2.31. The van der Waals surface area contributed by atoms with Gasteiger partial charge in [-0.3, -0.25) is 4.90 Å². The Hall–Kier alpha value is -0.200. The van der Waals surface area contributed by atoms with Gasteiger partial charge in [0.05, 0.1) is 3.79 Å². The van der Waals surface area contributed by atoms with Gasteiger partial charge in [-0.15, -0.1) is 11.3 Å². The summed E-state index contributed by atoms with van der Waals surface area (Å²) in [6.45, 7) is 2.95. The topological polar surface area (TPSA) is 29.3 Å². The molecular weight excluding hydrogens is 400 g/mol. The predicted molar refractivity (Wildman–Crippen MR) is 94.0 cm³/mol. The molecule has 0 aliphatic carbocycles. The number of likely N-dealkylation sites (N-methyl/N-ethyl adjacent to an activating group) is 1. The number of nitrogens with two attached hydrogens (primary N) is 1. The predicted octanol–water partition coefficient (Wildman–Crippen LogP) is 4.79. The number of rotatable bonds is 5. The van der Waals surface area contributed by atoms with Crippen molar-refractivity contribution < 1.29 is 0 Å². The lowest BCUT2D eigenvalue weighted by molar-refractivity contribution is 0.211. The van der Waals surface area contributed by atoms with Crippen LogP contribution in [-0.2, 0) is 6.54 Å². The summed E-state index contributed by atoms with van der Waals surface area (Å²) in [6, 6.07) is 10.8. The van der Waals surface area contributed by atoms with E-state index in [0.29, 0.717) is 0 Å². The molecule has 0 bridgehead atoms. The lowest BCUT2D eigenvalue weighted by Crippen LogP contribution is -2.36. The van der Waals surface area contributed by atoms with Crippen LogP contribution in [0.3, 0.4) is 0 Å². The molecule has 108 valence electrons. The van der Waals surface area contributed by atoms with Crippen LogP contribution in [0.2, 0.25) is 0 Å². The Kier molecular flexibility index (Phi) is 5.81. The van der Waals surface area contributed by atoms with Crippen LogP contribution in [0.15, 0.2) is 44.0 Å². The van der Waals surface area contributed by atoms with Crippen LogP contribution in [0.5, 0.6) is 0 Å². The SMILES string of the molecule is CC(N)C(c1cccc(Br)c1)N(C)Cc1csc(Br)c1. The molecule has 0 saturated heterocycles. The van der Waals surface area contributed by atoms with Crippen molar-refractivity contribution in [2.75, 3.05) is 7.05 Å². The molecule has 2 atom stereocenters. The molecular formula is C15H18Br2N2S. The van der Waals surface area contributed by atoms with E-state index >= 15 is 0 Å². The molecule has 2 unspecified atom stereocenters. The van der Waals surface area contributed by atoms with Crippen LogP contribution in [0.25, 0.3) is 0 Å². The molecule has 5 heteroatoms. The highest BCUT2D eigenvalue weighted by molar-refractivity contribution is 9.11. The fourth-order valence-corrected chi connectivity index (χ4v) is 4.08. The van der Waals surface area contributed by atoms with E-state index < -0.39 is 0 Å². The van der Waals surface area contributed by atoms with Gasteiger partial charge in [0.2, 0.25) is 0 Å². The molecule has 1 heterocycles. The van der Waals surface area contributed by atoms with E-state index in [-0.39, 0.29) is 12.1 Å². The van der Waals surface area contributed by atoms with E-state index in [1.165, 1.54) is 14.9 Å². The maximum atomic E-state index is 6.21. The van der Waals surface area contributed by atoms with Crippen molar-refractivity contribution in [2.24, 2.45) is 5.73 Å². The number of benzene rings is 1. The molecule has 0 aliphatic heterocycles. The van der Waals surface area contributed by atoms with Crippen molar-refractivity contribution in [2.45, 2.75) is 25.6 Å². The highest BCUT2D eigenvalue weighted by atomic mass is 79.9. The van der Waals surface area contributed by atoms with Gasteiger partial charge >= 0.3 is 0 Å². The third-order valence-electron chi connectivity index (χ3n) is 3.22. The Labute approximate surface area is 141 Å². The lowest BCUT2D eigenvalue weighted by atomic mass is 9.99. The molecule has 0 radical (unpaired) electrons. The molecule has 0 fully saturated rings. The third-order valence-corrected chi connectivity index (χ3v) is 5.26. The second-order valence-electron chi connectivity index (χ2n) is 5.03. The quantitative estimate of drug-likeness (QED) is 0.757. The number of hydrogen-bond acceptors (Lipinski definition) is 3. The molecule has 2 nitrogen and oxygen atoms in total. The number of halogens is 2. The first-order valence-electron chi connectivity index (χ1n) is 6.41. The number of nitrogens with zero attached hydrogens (tertiary/aromatic N) is 1. The average molecular weight is 418 g/mol. The Bertz CT molecular complexity index is 569. The molecule has 2 rings (SSSR count). The van der Waals surface area contributed by atoms with Crippen LogP contribution in [0, 0.1) is 0 Å². The summed E-state index contributed by atoms with van der Waals surface area (Å²) in [6.07, 6.45) is 0. The van der Waals surface area contributed by atoms with Crippen molar-refractivity contribution >= 4 is 43.2 Å². The highest BCUT2D eigenvalue weighted by Crippen LogP contribution is 2.28. The van der Waals surface area contributed by atoms with Gasteiger partial charge in [-0.2, -0.15) is 0 Å². The van der Waals surface area contributed by atoms with Crippen LogP contribution >= 0.6 is 43.2 Å². The Balaban J connectivity index is 2.20. The van der Waals surface area contributed by atoms with Gasteiger partial charge in [0.1, 0.15) is 0 Å². The normalized spacial score (nSPS) is 14.5. The van der Waals surface area contributed by atoms with E-state index in [1.54, 1.807) is 11.3 Å². The molecule has 1 aromatic heterocycles. The Morgan fingerprint density at radius 2 is 2.05 bits per heavy atom. The third kappa shape index (κ3) is 4.15. The molecule has 20 heavy (non-hydrogen) atoms. The molecule has 2 aromatic rings. The van der Waals surface area contributed by atoms with Crippen molar-refractivity contribution in [3.05, 3.63) is 55.1 Å². The molecule has 2 N–H and O–H groups in total. The van der Waals surface area contributed by atoms with Crippen molar-refractivity contribution in [3.63, 3.8) is 0 Å². The van der Waals surface area contributed by atoms with Gasteiger partial charge in [0.25, 0.3) is 0 Å². The smallest absolute Gasteiger partial charge is 0.0701 e. The highest BCUT2D eigenvalue weighted by Gasteiger charge is 2.21. The molecule has 1 aromatic carbocycles. The maximum absolute atomic E-state index is 6.21. The zero-order valence-corrected chi connectivity index (χ0v) is 15.5.